The Kier molecular flexibility index (Phi) is 6.31. The number of ether oxygens (including phenoxy) is 1. The van der Waals surface area contributed by atoms with E-state index in [-0.39, 0.29) is 12.2 Å². The molecule has 0 saturated heterocycles. The Morgan fingerprint density at radius 3 is 2.33 bits per heavy atom. The lowest BCUT2D eigenvalue weighted by Crippen LogP contribution is -2.39. The van der Waals surface area contributed by atoms with Crippen LogP contribution in [0.2, 0.25) is 0 Å². The van der Waals surface area contributed by atoms with Crippen LogP contribution in [-0.2, 0) is 9.53 Å². The number of nitrogens with one attached hydrogen (secondary N) is 1. The normalized spacial score (nSPS) is 11.8. The predicted octanol–water partition coefficient (Wildman–Crippen LogP) is 2.50. The van der Waals surface area contributed by atoms with Gasteiger partial charge in [0.15, 0.2) is 5.78 Å². The number of esters is 1. The largest absolute Gasteiger partial charge is 0.469 e. The Bertz CT molecular complexity index is 526. The number of carbonyl (C=O) groups is 2. The van der Waals surface area contributed by atoms with Gasteiger partial charge < -0.3 is 10.1 Å². The van der Waals surface area contributed by atoms with Crippen molar-refractivity contribution in [3.8, 4) is 0 Å². The minimum Gasteiger partial charge on any atom is -0.469 e. The highest BCUT2D eigenvalue weighted by molar-refractivity contribution is 6.04. The van der Waals surface area contributed by atoms with Crippen molar-refractivity contribution in [1.29, 1.82) is 0 Å². The molecule has 1 rings (SSSR count). The zero-order valence-electron chi connectivity index (χ0n) is 13.2. The number of Topliss-reactive ketones (excluding diaryl/α,β-unsaturated/α-hetero) is 1. The van der Waals surface area contributed by atoms with E-state index in [4.69, 9.17) is 0 Å². The van der Waals surface area contributed by atoms with Crippen molar-refractivity contribution in [2.24, 2.45) is 0 Å². The monoisotopic (exact) mass is 289 g/mol. The molecule has 1 atom stereocenters. The summed E-state index contributed by atoms with van der Waals surface area (Å²) in [6.07, 6.45) is 1.67. The van der Waals surface area contributed by atoms with Crippen molar-refractivity contribution in [2.75, 3.05) is 13.7 Å². The van der Waals surface area contributed by atoms with Gasteiger partial charge in [-0.2, -0.15) is 0 Å². The molecule has 21 heavy (non-hydrogen) atoms. The van der Waals surface area contributed by atoms with Gasteiger partial charge in [0, 0.05) is 12.1 Å². The van der Waals surface area contributed by atoms with Gasteiger partial charge in [0.25, 0.3) is 0 Å². The van der Waals surface area contributed by atoms with E-state index in [0.717, 1.165) is 16.7 Å². The van der Waals surface area contributed by atoms with E-state index in [1.165, 1.54) is 7.11 Å². The van der Waals surface area contributed by atoms with Gasteiger partial charge in [-0.3, -0.25) is 9.59 Å². The van der Waals surface area contributed by atoms with Gasteiger partial charge in [-0.15, -0.1) is 6.58 Å². The Labute approximate surface area is 126 Å². The van der Waals surface area contributed by atoms with Crippen LogP contribution in [0.25, 0.3) is 0 Å². The number of aryl methyl sites for hydroxylation is 3. The molecule has 1 unspecified atom stereocenters. The summed E-state index contributed by atoms with van der Waals surface area (Å²) in [4.78, 5) is 24.3. The lowest BCUT2D eigenvalue weighted by molar-refractivity contribution is -0.140. The molecule has 0 aliphatic heterocycles. The van der Waals surface area contributed by atoms with E-state index in [0.29, 0.717) is 12.1 Å². The van der Waals surface area contributed by atoms with Crippen molar-refractivity contribution in [3.63, 3.8) is 0 Å². The Morgan fingerprint density at radius 1 is 1.29 bits per heavy atom. The summed E-state index contributed by atoms with van der Waals surface area (Å²) >= 11 is 0. The van der Waals surface area contributed by atoms with Crippen molar-refractivity contribution >= 4 is 11.8 Å². The SMILES string of the molecule is C=CCNC(CC(=O)OC)C(=O)c1c(C)cc(C)cc1C. The molecule has 0 spiro atoms. The summed E-state index contributed by atoms with van der Waals surface area (Å²) in [5.41, 5.74) is 3.64. The third-order valence-electron chi connectivity index (χ3n) is 3.35. The maximum absolute atomic E-state index is 12.8. The molecule has 1 aromatic rings. The van der Waals surface area contributed by atoms with Gasteiger partial charge in [-0.1, -0.05) is 23.8 Å². The first-order valence-electron chi connectivity index (χ1n) is 6.93. The lowest BCUT2D eigenvalue weighted by atomic mass is 9.92. The first-order chi connectivity index (χ1) is 9.90. The van der Waals surface area contributed by atoms with E-state index in [1.54, 1.807) is 6.08 Å². The number of ketones is 1. The summed E-state index contributed by atoms with van der Waals surface area (Å²) < 4.78 is 4.67. The number of methoxy groups -OCH3 is 1. The molecule has 0 saturated carbocycles. The maximum atomic E-state index is 12.8. The van der Waals surface area contributed by atoms with E-state index in [1.807, 2.05) is 32.9 Å². The molecule has 1 aromatic carbocycles. The van der Waals surface area contributed by atoms with Crippen LogP contribution in [0.3, 0.4) is 0 Å². The molecule has 0 fully saturated rings. The summed E-state index contributed by atoms with van der Waals surface area (Å²) in [7, 11) is 1.32. The average molecular weight is 289 g/mol. The molecule has 0 radical (unpaired) electrons. The van der Waals surface area contributed by atoms with Crippen LogP contribution in [0.5, 0.6) is 0 Å². The van der Waals surface area contributed by atoms with Crippen LogP contribution in [-0.4, -0.2) is 31.4 Å². The van der Waals surface area contributed by atoms with Crippen LogP contribution in [0.4, 0.5) is 0 Å². The molecule has 0 aliphatic carbocycles. The van der Waals surface area contributed by atoms with E-state index >= 15 is 0 Å². The minimum atomic E-state index is -0.601. The lowest BCUT2D eigenvalue weighted by Gasteiger charge is -2.18. The van der Waals surface area contributed by atoms with Gasteiger partial charge in [0.2, 0.25) is 0 Å². The van der Waals surface area contributed by atoms with Crippen molar-refractivity contribution in [2.45, 2.75) is 33.2 Å². The predicted molar refractivity (Wildman–Crippen MR) is 83.6 cm³/mol. The van der Waals surface area contributed by atoms with Crippen molar-refractivity contribution in [1.82, 2.24) is 5.32 Å². The molecule has 4 nitrogen and oxygen atoms in total. The first-order valence-corrected chi connectivity index (χ1v) is 6.93. The van der Waals surface area contributed by atoms with Crippen molar-refractivity contribution in [3.05, 3.63) is 47.0 Å². The zero-order chi connectivity index (χ0) is 16.0. The second-order valence-corrected chi connectivity index (χ2v) is 5.17. The van der Waals surface area contributed by atoms with Gasteiger partial charge in [-0.05, 0) is 31.9 Å². The highest BCUT2D eigenvalue weighted by atomic mass is 16.5. The molecule has 0 aliphatic rings. The molecular weight excluding hydrogens is 266 g/mol. The fraction of sp³-hybridized carbons (Fsp3) is 0.412. The molecule has 0 aromatic heterocycles. The van der Waals surface area contributed by atoms with Crippen LogP contribution >= 0.6 is 0 Å². The summed E-state index contributed by atoms with van der Waals surface area (Å²) in [5, 5.41) is 3.03. The van der Waals surface area contributed by atoms with Crippen LogP contribution < -0.4 is 5.32 Å². The van der Waals surface area contributed by atoms with Gasteiger partial charge in [-0.25, -0.2) is 0 Å². The van der Waals surface area contributed by atoms with E-state index in [9.17, 15) is 9.59 Å². The maximum Gasteiger partial charge on any atom is 0.307 e. The zero-order valence-corrected chi connectivity index (χ0v) is 13.2. The minimum absolute atomic E-state index is 0.00985. The van der Waals surface area contributed by atoms with E-state index in [2.05, 4.69) is 16.6 Å². The Morgan fingerprint density at radius 2 is 1.86 bits per heavy atom. The van der Waals surface area contributed by atoms with Gasteiger partial charge in [0.05, 0.1) is 19.6 Å². The van der Waals surface area contributed by atoms with Crippen LogP contribution in [0, 0.1) is 20.8 Å². The quantitative estimate of drug-likeness (QED) is 0.476. The number of hydrogen-bond donors (Lipinski definition) is 1. The number of hydrogen-bond acceptors (Lipinski definition) is 4. The third-order valence-corrected chi connectivity index (χ3v) is 3.35. The number of carbonyl (C=O) groups excluding carboxylic acids is 2. The summed E-state index contributed by atoms with van der Waals surface area (Å²) in [6.45, 7) is 9.90. The second kappa shape index (κ2) is 7.74. The summed E-state index contributed by atoms with van der Waals surface area (Å²) in [5.74, 6) is -0.496. The van der Waals surface area contributed by atoms with Gasteiger partial charge in [0.1, 0.15) is 0 Å². The number of rotatable bonds is 7. The summed E-state index contributed by atoms with van der Waals surface area (Å²) in [6, 6.07) is 3.35. The molecule has 0 amide bonds. The second-order valence-electron chi connectivity index (χ2n) is 5.17. The Balaban J connectivity index is 3.09. The third kappa shape index (κ3) is 4.53. The fourth-order valence-electron chi connectivity index (χ4n) is 2.48. The highest BCUT2D eigenvalue weighted by Crippen LogP contribution is 2.19. The van der Waals surface area contributed by atoms with Crippen LogP contribution in [0.15, 0.2) is 24.8 Å². The molecule has 114 valence electrons. The molecule has 4 heteroatoms. The van der Waals surface area contributed by atoms with Crippen molar-refractivity contribution < 1.29 is 14.3 Å². The standard InChI is InChI=1S/C17H23NO3/c1-6-7-18-14(10-15(19)21-5)17(20)16-12(3)8-11(2)9-13(16)4/h6,8-9,14,18H,1,7,10H2,2-5H3. The van der Waals surface area contributed by atoms with E-state index < -0.39 is 12.0 Å². The van der Waals surface area contributed by atoms with Gasteiger partial charge >= 0.3 is 5.97 Å². The molecule has 0 heterocycles. The first kappa shape index (κ1) is 17.1. The molecule has 1 N–H and O–H groups in total. The highest BCUT2D eigenvalue weighted by Gasteiger charge is 2.25. The number of benzene rings is 1. The Hall–Kier alpha value is -1.94. The topological polar surface area (TPSA) is 55.4 Å². The fourth-order valence-corrected chi connectivity index (χ4v) is 2.48. The van der Waals surface area contributed by atoms with Crippen LogP contribution in [0.1, 0.15) is 33.5 Å². The molecule has 0 bridgehead atoms. The average Bonchev–Trinajstić information content (AvgIpc) is 2.41. The molecular formula is C17H23NO3. The smallest absolute Gasteiger partial charge is 0.307 e.